The molecule has 0 radical (unpaired) electrons. The van der Waals surface area contributed by atoms with Crippen LogP contribution in [-0.4, -0.2) is 30.5 Å². The van der Waals surface area contributed by atoms with E-state index in [0.717, 1.165) is 0 Å². The Hall–Kier alpha value is -1.36. The lowest BCUT2D eigenvalue weighted by Gasteiger charge is -2.21. The van der Waals surface area contributed by atoms with Gasteiger partial charge in [-0.1, -0.05) is 12.1 Å². The Morgan fingerprint density at radius 2 is 1.79 bits per heavy atom. The van der Waals surface area contributed by atoms with Crippen LogP contribution in [0, 0.1) is 0 Å². The molecule has 1 unspecified atom stereocenters. The van der Waals surface area contributed by atoms with Gasteiger partial charge in [-0.25, -0.2) is 0 Å². The highest BCUT2D eigenvalue weighted by molar-refractivity contribution is 6.30. The molecule has 0 spiro atoms. The fraction of sp³-hybridized carbons (Fsp3) is 0.462. The van der Waals surface area contributed by atoms with E-state index in [1.165, 1.54) is 24.3 Å². The Morgan fingerprint density at radius 1 is 1.26 bits per heavy atom. The molecule has 0 aromatic heterocycles. The third-order valence-corrected chi connectivity index (χ3v) is 3.13. The van der Waals surface area contributed by atoms with Crippen LogP contribution in [0.2, 0.25) is 0 Å². The van der Waals surface area contributed by atoms with Gasteiger partial charge in [-0.15, -0.1) is 11.6 Å². The summed E-state index contributed by atoms with van der Waals surface area (Å²) in [6.45, 7) is 2.01. The molecule has 1 aromatic rings. The van der Waals surface area contributed by atoms with Crippen LogP contribution >= 0.6 is 11.6 Å². The van der Waals surface area contributed by atoms with Crippen molar-refractivity contribution in [1.82, 2.24) is 4.90 Å². The predicted molar refractivity (Wildman–Crippen MR) is 69.6 cm³/mol. The molecule has 0 aliphatic heterocycles. The van der Waals surface area contributed by atoms with Gasteiger partial charge in [0.2, 0.25) is 5.91 Å². The lowest BCUT2D eigenvalue weighted by Crippen LogP contribution is -2.33. The van der Waals surface area contributed by atoms with Crippen molar-refractivity contribution in [3.05, 3.63) is 29.8 Å². The van der Waals surface area contributed by atoms with Crippen molar-refractivity contribution in [3.8, 4) is 5.75 Å². The zero-order valence-corrected chi connectivity index (χ0v) is 11.5. The Balaban J connectivity index is 2.77. The molecule has 0 heterocycles. The molecule has 0 saturated carbocycles. The number of nitrogens with zero attached hydrogens (tertiary/aromatic N) is 1. The third kappa shape index (κ3) is 4.35. The van der Waals surface area contributed by atoms with E-state index >= 15 is 0 Å². The van der Waals surface area contributed by atoms with Crippen molar-refractivity contribution in [2.24, 2.45) is 0 Å². The Labute approximate surface area is 116 Å². The zero-order valence-electron chi connectivity index (χ0n) is 10.8. The minimum absolute atomic E-state index is 0.0397. The molecule has 0 bridgehead atoms. The van der Waals surface area contributed by atoms with E-state index in [-0.39, 0.29) is 11.7 Å². The summed E-state index contributed by atoms with van der Waals surface area (Å²) in [4.78, 5) is 13.6. The number of halogens is 3. The van der Waals surface area contributed by atoms with Gasteiger partial charge >= 0.3 is 6.61 Å². The van der Waals surface area contributed by atoms with Gasteiger partial charge < -0.3 is 9.64 Å². The minimum Gasteiger partial charge on any atom is -0.435 e. The lowest BCUT2D eigenvalue weighted by molar-refractivity contribution is -0.130. The van der Waals surface area contributed by atoms with E-state index in [9.17, 15) is 13.6 Å². The van der Waals surface area contributed by atoms with Gasteiger partial charge in [-0.3, -0.25) is 4.79 Å². The Kier molecular flexibility index (Phi) is 6.02. The van der Waals surface area contributed by atoms with E-state index in [1.807, 2.05) is 13.8 Å². The van der Waals surface area contributed by atoms with E-state index < -0.39 is 12.0 Å². The number of carbonyl (C=O) groups excluding carboxylic acids is 1. The molecule has 0 aliphatic carbocycles. The van der Waals surface area contributed by atoms with Crippen molar-refractivity contribution >= 4 is 17.5 Å². The predicted octanol–water partition coefficient (Wildman–Crippen LogP) is 3.44. The topological polar surface area (TPSA) is 29.5 Å². The van der Waals surface area contributed by atoms with Crippen molar-refractivity contribution in [2.75, 3.05) is 13.1 Å². The normalized spacial score (nSPS) is 12.3. The van der Waals surface area contributed by atoms with Crippen LogP contribution in [0.15, 0.2) is 24.3 Å². The summed E-state index contributed by atoms with van der Waals surface area (Å²) in [6, 6.07) is 5.76. The van der Waals surface area contributed by atoms with Crippen LogP contribution in [0.1, 0.15) is 24.8 Å². The monoisotopic (exact) mass is 291 g/mol. The van der Waals surface area contributed by atoms with Crippen LogP contribution in [0.25, 0.3) is 0 Å². The number of ether oxygens (including phenoxy) is 1. The van der Waals surface area contributed by atoms with Crippen LogP contribution in [0.5, 0.6) is 5.75 Å². The van der Waals surface area contributed by atoms with E-state index in [2.05, 4.69) is 4.74 Å². The summed E-state index contributed by atoms with van der Waals surface area (Å²) in [6.07, 6.45) is 0. The second-order valence-corrected chi connectivity index (χ2v) is 4.26. The maximum atomic E-state index is 12.0. The molecule has 6 heteroatoms. The van der Waals surface area contributed by atoms with Crippen molar-refractivity contribution in [1.29, 1.82) is 0 Å². The first-order valence-corrected chi connectivity index (χ1v) is 6.40. The van der Waals surface area contributed by atoms with Crippen LogP contribution in [-0.2, 0) is 4.79 Å². The summed E-state index contributed by atoms with van der Waals surface area (Å²) >= 11 is 6.09. The molecule has 0 fully saturated rings. The lowest BCUT2D eigenvalue weighted by atomic mass is 10.1. The largest absolute Gasteiger partial charge is 0.435 e. The maximum absolute atomic E-state index is 12.0. The van der Waals surface area contributed by atoms with Crippen molar-refractivity contribution in [2.45, 2.75) is 25.8 Å². The Morgan fingerprint density at radius 3 is 2.21 bits per heavy atom. The first-order chi connectivity index (χ1) is 8.99. The minimum atomic E-state index is -2.87. The van der Waals surface area contributed by atoms with E-state index in [0.29, 0.717) is 18.7 Å². The van der Waals surface area contributed by atoms with Crippen LogP contribution < -0.4 is 4.74 Å². The number of rotatable bonds is 6. The molecular weight excluding hydrogens is 276 g/mol. The number of hydrogen-bond donors (Lipinski definition) is 0. The molecule has 106 valence electrons. The summed E-state index contributed by atoms with van der Waals surface area (Å²) in [7, 11) is 0. The Bertz CT molecular complexity index is 408. The maximum Gasteiger partial charge on any atom is 0.387 e. The second kappa shape index (κ2) is 7.28. The summed E-state index contributed by atoms with van der Waals surface area (Å²) in [5.74, 6) is -0.160. The van der Waals surface area contributed by atoms with Gasteiger partial charge in [0.25, 0.3) is 0 Å². The highest BCUT2D eigenvalue weighted by Gasteiger charge is 2.22. The highest BCUT2D eigenvalue weighted by Crippen LogP contribution is 2.25. The number of hydrogen-bond acceptors (Lipinski definition) is 2. The molecule has 0 saturated heterocycles. The standard InChI is InChI=1S/C13H16ClF2NO2/c1-3-17(4-2)12(18)11(14)9-5-7-10(8-6-9)19-13(15)16/h5-8,11,13H,3-4H2,1-2H3. The van der Waals surface area contributed by atoms with Crippen molar-refractivity contribution < 1.29 is 18.3 Å². The quantitative estimate of drug-likeness (QED) is 0.752. The zero-order chi connectivity index (χ0) is 14.4. The smallest absolute Gasteiger partial charge is 0.387 e. The van der Waals surface area contributed by atoms with Gasteiger partial charge in [-0.2, -0.15) is 8.78 Å². The van der Waals surface area contributed by atoms with Gasteiger partial charge in [0.05, 0.1) is 0 Å². The molecule has 0 N–H and O–H groups in total. The summed E-state index contributed by atoms with van der Waals surface area (Å²) in [5, 5.41) is -0.819. The molecule has 1 amide bonds. The average Bonchev–Trinajstić information content (AvgIpc) is 2.39. The van der Waals surface area contributed by atoms with E-state index in [1.54, 1.807) is 4.90 Å². The average molecular weight is 292 g/mol. The number of alkyl halides is 3. The second-order valence-electron chi connectivity index (χ2n) is 3.82. The third-order valence-electron chi connectivity index (χ3n) is 2.69. The molecule has 1 aromatic carbocycles. The van der Waals surface area contributed by atoms with Gasteiger partial charge in [-0.05, 0) is 31.5 Å². The first-order valence-electron chi connectivity index (χ1n) is 5.97. The molecular formula is C13H16ClF2NO2. The first kappa shape index (κ1) is 15.7. The highest BCUT2D eigenvalue weighted by atomic mass is 35.5. The number of carbonyl (C=O) groups is 1. The van der Waals surface area contributed by atoms with Gasteiger partial charge in [0, 0.05) is 13.1 Å². The van der Waals surface area contributed by atoms with Crippen LogP contribution in [0.4, 0.5) is 8.78 Å². The van der Waals surface area contributed by atoms with Gasteiger partial charge in [0.15, 0.2) is 0 Å². The van der Waals surface area contributed by atoms with Gasteiger partial charge in [0.1, 0.15) is 11.1 Å². The summed E-state index contributed by atoms with van der Waals surface area (Å²) in [5.41, 5.74) is 0.556. The summed E-state index contributed by atoms with van der Waals surface area (Å²) < 4.78 is 28.2. The molecule has 1 rings (SSSR count). The van der Waals surface area contributed by atoms with Crippen LogP contribution in [0.3, 0.4) is 0 Å². The molecule has 0 aliphatic rings. The molecule has 19 heavy (non-hydrogen) atoms. The SMILES string of the molecule is CCN(CC)C(=O)C(Cl)c1ccc(OC(F)F)cc1. The number of likely N-dealkylation sites (N-methyl/N-ethyl adjacent to an activating group) is 1. The fourth-order valence-electron chi connectivity index (χ4n) is 1.66. The molecule has 3 nitrogen and oxygen atoms in total. The number of benzene rings is 1. The molecule has 1 atom stereocenters. The number of amides is 1. The van der Waals surface area contributed by atoms with E-state index in [4.69, 9.17) is 11.6 Å². The fourth-order valence-corrected chi connectivity index (χ4v) is 1.94. The van der Waals surface area contributed by atoms with Crippen molar-refractivity contribution in [3.63, 3.8) is 0 Å².